The molecule has 1 aromatic heterocycles. The first-order valence-corrected chi connectivity index (χ1v) is 5.25. The molecule has 0 amide bonds. The number of nitrogens with zero attached hydrogens (tertiary/aromatic N) is 2. The molecule has 0 N–H and O–H groups in total. The molecule has 0 bridgehead atoms. The highest BCUT2D eigenvalue weighted by atomic mass is 16.5. The van der Waals surface area contributed by atoms with Crippen molar-refractivity contribution in [1.82, 2.24) is 9.55 Å². The fourth-order valence-corrected chi connectivity index (χ4v) is 1.88. The van der Waals surface area contributed by atoms with Crippen molar-refractivity contribution < 1.29 is 15.0 Å². The highest BCUT2D eigenvalue weighted by molar-refractivity contribution is 5.74. The highest BCUT2D eigenvalue weighted by Gasteiger charge is 2.35. The maximum atomic E-state index is 11.8. The second-order valence-electron chi connectivity index (χ2n) is 3.94. The van der Waals surface area contributed by atoms with Crippen LogP contribution >= 0.6 is 0 Å². The van der Waals surface area contributed by atoms with Gasteiger partial charge >= 0.3 is 5.97 Å². The summed E-state index contributed by atoms with van der Waals surface area (Å²) in [6, 6.07) is 0. The zero-order chi connectivity index (χ0) is 15.3. The van der Waals surface area contributed by atoms with E-state index in [9.17, 15) is 4.79 Å². The van der Waals surface area contributed by atoms with Crippen molar-refractivity contribution in [1.29, 1.82) is 0 Å². The Balaban J connectivity index is 2.36. The van der Waals surface area contributed by atoms with E-state index in [0.29, 0.717) is 11.5 Å². The number of ether oxygens (including phenoxy) is 1. The third-order valence-electron chi connectivity index (χ3n) is 2.99. The molecule has 4 heteroatoms. The first-order chi connectivity index (χ1) is 9.09. The Labute approximate surface area is 101 Å². The Kier molecular flexibility index (Phi) is 1.90. The molecule has 1 aromatic rings. The number of imidazole rings is 1. The topological polar surface area (TPSA) is 44.1 Å². The van der Waals surface area contributed by atoms with Gasteiger partial charge in [0.15, 0.2) is 0 Å². The summed E-state index contributed by atoms with van der Waals surface area (Å²) in [6.07, 6.45) is -1.69. The average molecular weight is 226 g/mol. The van der Waals surface area contributed by atoms with Crippen LogP contribution in [-0.2, 0) is 23.0 Å². The van der Waals surface area contributed by atoms with Crippen LogP contribution in [0.4, 0.5) is 0 Å². The van der Waals surface area contributed by atoms with Crippen LogP contribution < -0.4 is 0 Å². The minimum Gasteiger partial charge on any atom is -0.465 e. The van der Waals surface area contributed by atoms with Crippen molar-refractivity contribution in [3.05, 3.63) is 17.7 Å². The lowest BCUT2D eigenvalue weighted by atomic mass is 9.89. The number of hydrogen-bond donors (Lipinski definition) is 0. The molecule has 0 unspecified atom stereocenters. The number of hydrogen-bond acceptors (Lipinski definition) is 3. The normalized spacial score (nSPS) is 33.9. The molecule has 2 heterocycles. The highest BCUT2D eigenvalue weighted by Crippen LogP contribution is 2.28. The van der Waals surface area contributed by atoms with Gasteiger partial charge < -0.3 is 9.30 Å². The predicted octanol–water partition coefficient (Wildman–Crippen LogP) is 1.47. The van der Waals surface area contributed by atoms with Crippen molar-refractivity contribution in [2.45, 2.75) is 26.6 Å². The lowest BCUT2D eigenvalue weighted by Crippen LogP contribution is -2.18. The standard InChI is InChI=1S/C12H18N2O2/c1-4-11-9(7-16-12(11)15)5-10-6-13-8(2)14(10)3/h6,9,11H,4-5,7H2,1-3H3/t9-,11-/m0/s1/i4D2,6D,11D. The van der Waals surface area contributed by atoms with Crippen LogP contribution in [0.5, 0.6) is 0 Å². The summed E-state index contributed by atoms with van der Waals surface area (Å²) in [4.78, 5) is 15.8. The summed E-state index contributed by atoms with van der Waals surface area (Å²) in [5.74, 6) is -2.74. The van der Waals surface area contributed by atoms with Gasteiger partial charge in [-0.05, 0) is 19.7 Å². The third-order valence-corrected chi connectivity index (χ3v) is 2.99. The van der Waals surface area contributed by atoms with Gasteiger partial charge in [-0.25, -0.2) is 4.98 Å². The molecular formula is C12H18N2O2. The van der Waals surface area contributed by atoms with E-state index in [-0.39, 0.29) is 19.2 Å². The smallest absolute Gasteiger partial charge is 0.309 e. The molecular weight excluding hydrogens is 204 g/mol. The van der Waals surface area contributed by atoms with E-state index in [1.54, 1.807) is 18.5 Å². The molecule has 16 heavy (non-hydrogen) atoms. The monoisotopic (exact) mass is 226 g/mol. The zero-order valence-electron chi connectivity index (χ0n) is 13.7. The van der Waals surface area contributed by atoms with E-state index < -0.39 is 24.2 Å². The maximum Gasteiger partial charge on any atom is 0.309 e. The van der Waals surface area contributed by atoms with Gasteiger partial charge in [0.2, 0.25) is 0 Å². The van der Waals surface area contributed by atoms with Crippen molar-refractivity contribution in [2.75, 3.05) is 6.61 Å². The van der Waals surface area contributed by atoms with Gasteiger partial charge in [-0.1, -0.05) is 6.92 Å². The van der Waals surface area contributed by atoms with Crippen LogP contribution in [0.3, 0.4) is 0 Å². The van der Waals surface area contributed by atoms with Crippen molar-refractivity contribution >= 4 is 5.97 Å². The van der Waals surface area contributed by atoms with Gasteiger partial charge in [-0.15, -0.1) is 0 Å². The van der Waals surface area contributed by atoms with Crippen LogP contribution in [0.2, 0.25) is 0 Å². The Morgan fingerprint density at radius 1 is 1.88 bits per heavy atom. The number of cyclic esters (lactones) is 1. The van der Waals surface area contributed by atoms with Gasteiger partial charge in [-0.3, -0.25) is 4.79 Å². The molecule has 1 fully saturated rings. The predicted molar refractivity (Wildman–Crippen MR) is 59.9 cm³/mol. The maximum absolute atomic E-state index is 11.8. The van der Waals surface area contributed by atoms with Crippen LogP contribution in [0.25, 0.3) is 0 Å². The lowest BCUT2D eigenvalue weighted by Gasteiger charge is -2.13. The van der Waals surface area contributed by atoms with Crippen molar-refractivity contribution in [3.8, 4) is 0 Å². The molecule has 1 saturated heterocycles. The first kappa shape index (κ1) is 7.09. The van der Waals surface area contributed by atoms with Crippen LogP contribution in [0.1, 0.15) is 30.3 Å². The van der Waals surface area contributed by atoms with Gasteiger partial charge in [0.25, 0.3) is 0 Å². The van der Waals surface area contributed by atoms with Gasteiger partial charge in [0.1, 0.15) is 5.82 Å². The summed E-state index contributed by atoms with van der Waals surface area (Å²) < 4.78 is 38.3. The second kappa shape index (κ2) is 4.28. The Hall–Kier alpha value is -1.32. The quantitative estimate of drug-likeness (QED) is 0.733. The first-order valence-electron chi connectivity index (χ1n) is 7.25. The van der Waals surface area contributed by atoms with E-state index in [4.69, 9.17) is 10.2 Å². The zero-order valence-corrected chi connectivity index (χ0v) is 9.70. The van der Waals surface area contributed by atoms with E-state index in [1.165, 1.54) is 6.92 Å². The Bertz CT molecular complexity index is 552. The molecule has 0 radical (unpaired) electrons. The van der Waals surface area contributed by atoms with E-state index in [1.807, 2.05) is 0 Å². The van der Waals surface area contributed by atoms with Gasteiger partial charge in [-0.2, -0.15) is 0 Å². The summed E-state index contributed by atoms with van der Waals surface area (Å²) >= 11 is 0. The number of carbonyl (C=O) groups is 1. The number of aromatic nitrogens is 2. The summed E-state index contributed by atoms with van der Waals surface area (Å²) in [5.41, 5.74) is 0.590. The average Bonchev–Trinajstić information content (AvgIpc) is 2.74. The van der Waals surface area contributed by atoms with E-state index in [0.717, 1.165) is 0 Å². The van der Waals surface area contributed by atoms with Crippen LogP contribution in [0, 0.1) is 18.7 Å². The molecule has 0 saturated carbocycles. The van der Waals surface area contributed by atoms with E-state index in [2.05, 4.69) is 4.98 Å². The minimum atomic E-state index is -2.01. The molecule has 1 aliphatic heterocycles. The van der Waals surface area contributed by atoms with E-state index >= 15 is 0 Å². The van der Waals surface area contributed by atoms with Crippen molar-refractivity contribution in [3.63, 3.8) is 0 Å². The van der Waals surface area contributed by atoms with Gasteiger partial charge in [0.05, 0.1) is 13.9 Å². The second-order valence-corrected chi connectivity index (χ2v) is 3.94. The molecule has 88 valence electrons. The molecule has 0 aliphatic carbocycles. The molecule has 0 spiro atoms. The molecule has 0 aromatic carbocycles. The Morgan fingerprint density at radius 3 is 3.19 bits per heavy atom. The fourth-order valence-electron chi connectivity index (χ4n) is 1.88. The lowest BCUT2D eigenvalue weighted by molar-refractivity contribution is -0.141. The molecule has 4 nitrogen and oxygen atoms in total. The van der Waals surface area contributed by atoms with Gasteiger partial charge in [0, 0.05) is 28.9 Å². The number of carbonyl (C=O) groups excluding carboxylic acids is 1. The molecule has 1 aliphatic rings. The molecule has 2 atom stereocenters. The number of rotatable bonds is 3. The van der Waals surface area contributed by atoms with Crippen LogP contribution in [-0.4, -0.2) is 22.1 Å². The summed E-state index contributed by atoms with van der Waals surface area (Å²) in [5, 5.41) is 0. The SMILES string of the molecule is [2H]c1nc(C)n(C)c1C[C@H]1COC(=O)[C@@]1([2H])C([2H])([2H])C. The number of esters is 1. The summed E-state index contributed by atoms with van der Waals surface area (Å²) in [6.45, 7) is 2.99. The largest absolute Gasteiger partial charge is 0.465 e. The van der Waals surface area contributed by atoms with Crippen molar-refractivity contribution in [2.24, 2.45) is 18.9 Å². The molecule has 2 rings (SSSR count). The van der Waals surface area contributed by atoms with Crippen LogP contribution in [0.15, 0.2) is 6.17 Å². The minimum absolute atomic E-state index is 0.000644. The fraction of sp³-hybridized carbons (Fsp3) is 0.667. The number of aryl methyl sites for hydroxylation is 1. The third kappa shape index (κ3) is 1.84. The summed E-state index contributed by atoms with van der Waals surface area (Å²) in [7, 11) is 1.76. The Morgan fingerprint density at radius 2 is 2.62 bits per heavy atom.